The van der Waals surface area contributed by atoms with Gasteiger partial charge in [-0.1, -0.05) is 5.16 Å². The molecule has 2 heterocycles. The summed E-state index contributed by atoms with van der Waals surface area (Å²) in [6, 6.07) is 1.65. The van der Waals surface area contributed by atoms with Crippen LogP contribution >= 0.6 is 0 Å². The summed E-state index contributed by atoms with van der Waals surface area (Å²) in [5.74, 6) is 0.673. The number of carbonyl (C=O) groups is 1. The van der Waals surface area contributed by atoms with E-state index in [0.717, 1.165) is 0 Å². The zero-order valence-electron chi connectivity index (χ0n) is 10.9. The Bertz CT molecular complexity index is 434. The second kappa shape index (κ2) is 6.14. The van der Waals surface area contributed by atoms with Crippen molar-refractivity contribution in [1.82, 2.24) is 10.1 Å². The Hall–Kier alpha value is -1.44. The Morgan fingerprint density at radius 1 is 1.68 bits per heavy atom. The van der Waals surface area contributed by atoms with Crippen molar-refractivity contribution in [1.29, 1.82) is 0 Å². The lowest BCUT2D eigenvalue weighted by Gasteiger charge is -2.34. The highest BCUT2D eigenvalue weighted by molar-refractivity contribution is 5.91. The first kappa shape index (κ1) is 14.0. The smallest absolute Gasteiger partial charge is 0.239 e. The highest BCUT2D eigenvalue weighted by Crippen LogP contribution is 2.16. The molecular weight excluding hydrogens is 250 g/mol. The molecule has 0 aromatic carbocycles. The van der Waals surface area contributed by atoms with Crippen LogP contribution in [0.5, 0.6) is 0 Å². The molecule has 1 aliphatic rings. The predicted molar refractivity (Wildman–Crippen MR) is 67.5 cm³/mol. The van der Waals surface area contributed by atoms with E-state index in [1.807, 2.05) is 4.90 Å². The van der Waals surface area contributed by atoms with Crippen LogP contribution in [0.2, 0.25) is 0 Å². The number of carbonyl (C=O) groups excluding carboxylic acids is 1. The summed E-state index contributed by atoms with van der Waals surface area (Å²) in [4.78, 5) is 13.7. The molecule has 0 spiro atoms. The van der Waals surface area contributed by atoms with Gasteiger partial charge in [-0.15, -0.1) is 0 Å². The van der Waals surface area contributed by atoms with Crippen LogP contribution in [0.3, 0.4) is 0 Å². The van der Waals surface area contributed by atoms with Crippen LogP contribution < -0.4 is 5.32 Å². The number of hydrogen-bond acceptors (Lipinski definition) is 6. The molecule has 106 valence electrons. The van der Waals surface area contributed by atoms with E-state index in [0.29, 0.717) is 31.1 Å². The molecule has 2 atom stereocenters. The van der Waals surface area contributed by atoms with E-state index in [9.17, 15) is 9.90 Å². The normalized spacial score (nSPS) is 24.4. The van der Waals surface area contributed by atoms with Crippen molar-refractivity contribution in [3.05, 3.63) is 11.8 Å². The van der Waals surface area contributed by atoms with E-state index in [4.69, 9.17) is 9.63 Å². The average Bonchev–Trinajstić information content (AvgIpc) is 2.77. The third-order valence-corrected chi connectivity index (χ3v) is 3.28. The van der Waals surface area contributed by atoms with Crippen LogP contribution in [0.1, 0.15) is 12.2 Å². The van der Waals surface area contributed by atoms with Crippen molar-refractivity contribution in [2.24, 2.45) is 5.92 Å². The number of aliphatic hydroxyl groups is 2. The van der Waals surface area contributed by atoms with Crippen molar-refractivity contribution in [3.63, 3.8) is 0 Å². The fourth-order valence-corrected chi connectivity index (χ4v) is 2.23. The van der Waals surface area contributed by atoms with Gasteiger partial charge in [-0.3, -0.25) is 9.69 Å². The second-order valence-electron chi connectivity index (χ2n) is 4.90. The molecule has 3 N–H and O–H groups in total. The lowest BCUT2D eigenvalue weighted by molar-refractivity contribution is -0.118. The summed E-state index contributed by atoms with van der Waals surface area (Å²) in [6.07, 6.45) is 0.0872. The number of aliphatic hydroxyl groups excluding tert-OH is 2. The number of nitrogens with zero attached hydrogens (tertiary/aromatic N) is 2. The molecule has 1 aromatic heterocycles. The number of piperidine rings is 1. The average molecular weight is 269 g/mol. The van der Waals surface area contributed by atoms with Crippen LogP contribution in [0, 0.1) is 12.8 Å². The number of amides is 1. The monoisotopic (exact) mass is 269 g/mol. The molecule has 0 saturated carbocycles. The SMILES string of the molecule is Cc1cc(NC(=O)CN2CC[C@H](O)[C@H](CO)C2)no1. The lowest BCUT2D eigenvalue weighted by atomic mass is 9.95. The summed E-state index contributed by atoms with van der Waals surface area (Å²) in [5.41, 5.74) is 0. The first-order valence-corrected chi connectivity index (χ1v) is 6.33. The van der Waals surface area contributed by atoms with Gasteiger partial charge < -0.3 is 20.1 Å². The number of aromatic nitrogens is 1. The molecule has 0 unspecified atom stereocenters. The molecule has 0 bridgehead atoms. The fourth-order valence-electron chi connectivity index (χ4n) is 2.23. The van der Waals surface area contributed by atoms with Crippen LogP contribution in [0.4, 0.5) is 5.82 Å². The van der Waals surface area contributed by atoms with Crippen molar-refractivity contribution in [2.45, 2.75) is 19.4 Å². The van der Waals surface area contributed by atoms with Gasteiger partial charge in [0.15, 0.2) is 5.82 Å². The third kappa shape index (κ3) is 3.76. The van der Waals surface area contributed by atoms with Gasteiger partial charge in [0, 0.05) is 31.7 Å². The lowest BCUT2D eigenvalue weighted by Crippen LogP contribution is -2.47. The minimum atomic E-state index is -0.484. The van der Waals surface area contributed by atoms with Crippen molar-refractivity contribution < 1.29 is 19.5 Å². The maximum Gasteiger partial charge on any atom is 0.239 e. The molecule has 1 fully saturated rings. The van der Waals surface area contributed by atoms with Gasteiger partial charge in [0.1, 0.15) is 5.76 Å². The van der Waals surface area contributed by atoms with E-state index < -0.39 is 6.10 Å². The van der Waals surface area contributed by atoms with E-state index in [2.05, 4.69) is 10.5 Å². The fraction of sp³-hybridized carbons (Fsp3) is 0.667. The highest BCUT2D eigenvalue weighted by Gasteiger charge is 2.28. The van der Waals surface area contributed by atoms with Gasteiger partial charge in [-0.25, -0.2) is 0 Å². The number of rotatable bonds is 4. The molecule has 7 heteroatoms. The zero-order valence-corrected chi connectivity index (χ0v) is 10.9. The molecular formula is C12H19N3O4. The van der Waals surface area contributed by atoms with Gasteiger partial charge in [0.05, 0.1) is 12.6 Å². The number of anilines is 1. The predicted octanol–water partition coefficient (Wildman–Crippen LogP) is -0.403. The Labute approximate surface area is 111 Å². The molecule has 1 aliphatic heterocycles. The van der Waals surface area contributed by atoms with Gasteiger partial charge in [0.2, 0.25) is 5.91 Å². The minimum absolute atomic E-state index is 0.0677. The van der Waals surface area contributed by atoms with Crippen molar-refractivity contribution >= 4 is 11.7 Å². The summed E-state index contributed by atoms with van der Waals surface area (Å²) >= 11 is 0. The highest BCUT2D eigenvalue weighted by atomic mass is 16.5. The van der Waals surface area contributed by atoms with Crippen molar-refractivity contribution in [2.75, 3.05) is 31.6 Å². The maximum atomic E-state index is 11.8. The van der Waals surface area contributed by atoms with E-state index in [1.54, 1.807) is 13.0 Å². The number of hydrogen-bond donors (Lipinski definition) is 3. The van der Waals surface area contributed by atoms with Crippen LogP contribution in [-0.4, -0.2) is 58.5 Å². The Morgan fingerprint density at radius 3 is 3.11 bits per heavy atom. The molecule has 2 rings (SSSR count). The second-order valence-corrected chi connectivity index (χ2v) is 4.90. The first-order valence-electron chi connectivity index (χ1n) is 6.33. The first-order chi connectivity index (χ1) is 9.08. The van der Waals surface area contributed by atoms with Crippen LogP contribution in [-0.2, 0) is 4.79 Å². The standard InChI is InChI=1S/C12H19N3O4/c1-8-4-11(14-19-8)13-12(18)6-15-3-2-10(17)9(5-15)7-16/h4,9-10,16-17H,2-3,5-7H2,1H3,(H,13,14,18)/t9-,10-/m0/s1. The Balaban J connectivity index is 1.82. The van der Waals surface area contributed by atoms with E-state index in [-0.39, 0.29) is 25.0 Å². The minimum Gasteiger partial charge on any atom is -0.396 e. The quantitative estimate of drug-likeness (QED) is 0.687. The third-order valence-electron chi connectivity index (χ3n) is 3.28. The molecule has 0 aliphatic carbocycles. The Kier molecular flexibility index (Phi) is 4.52. The molecule has 19 heavy (non-hydrogen) atoms. The number of nitrogens with one attached hydrogen (secondary N) is 1. The molecule has 0 radical (unpaired) electrons. The van der Waals surface area contributed by atoms with Gasteiger partial charge in [-0.2, -0.15) is 0 Å². The zero-order chi connectivity index (χ0) is 13.8. The summed E-state index contributed by atoms with van der Waals surface area (Å²) < 4.78 is 4.86. The summed E-state index contributed by atoms with van der Waals surface area (Å²) in [5, 5.41) is 25.1. The molecule has 1 saturated heterocycles. The Morgan fingerprint density at radius 2 is 2.47 bits per heavy atom. The van der Waals surface area contributed by atoms with Crippen LogP contribution in [0.15, 0.2) is 10.6 Å². The molecule has 1 aromatic rings. The number of aryl methyl sites for hydroxylation is 1. The van der Waals surface area contributed by atoms with Crippen LogP contribution in [0.25, 0.3) is 0 Å². The largest absolute Gasteiger partial charge is 0.396 e. The molecule has 1 amide bonds. The topological polar surface area (TPSA) is 98.8 Å². The summed E-state index contributed by atoms with van der Waals surface area (Å²) in [6.45, 7) is 3.06. The summed E-state index contributed by atoms with van der Waals surface area (Å²) in [7, 11) is 0. The molecule has 7 nitrogen and oxygen atoms in total. The van der Waals surface area contributed by atoms with E-state index in [1.165, 1.54) is 0 Å². The van der Waals surface area contributed by atoms with Gasteiger partial charge in [-0.05, 0) is 13.3 Å². The van der Waals surface area contributed by atoms with E-state index >= 15 is 0 Å². The number of likely N-dealkylation sites (tertiary alicyclic amines) is 1. The van der Waals surface area contributed by atoms with Crippen molar-refractivity contribution in [3.8, 4) is 0 Å². The van der Waals surface area contributed by atoms with Gasteiger partial charge >= 0.3 is 0 Å². The maximum absolute atomic E-state index is 11.8. The van der Waals surface area contributed by atoms with Gasteiger partial charge in [0.25, 0.3) is 0 Å².